The molecule has 0 aliphatic carbocycles. The van der Waals surface area contributed by atoms with Crippen molar-refractivity contribution in [1.82, 2.24) is 5.32 Å². The second-order valence-electron chi connectivity index (χ2n) is 7.06. The first-order valence-electron chi connectivity index (χ1n) is 10.2. The summed E-state index contributed by atoms with van der Waals surface area (Å²) in [7, 11) is -3.87. The molecule has 0 spiro atoms. The normalized spacial score (nSPS) is 11.1. The van der Waals surface area contributed by atoms with Gasteiger partial charge in [0, 0.05) is 6.54 Å². The summed E-state index contributed by atoms with van der Waals surface area (Å²) in [5, 5.41) is 2.89. The molecule has 6 nitrogen and oxygen atoms in total. The number of benzene rings is 3. The lowest BCUT2D eigenvalue weighted by molar-refractivity contribution is 0.0947. The fourth-order valence-corrected chi connectivity index (χ4v) is 4.82. The summed E-state index contributed by atoms with van der Waals surface area (Å²) in [6, 6.07) is 20.5. The third kappa shape index (κ3) is 5.60. The zero-order valence-corrected chi connectivity index (χ0v) is 19.5. The molecule has 0 bridgehead atoms. The highest BCUT2D eigenvalue weighted by Crippen LogP contribution is 2.26. The molecule has 0 aliphatic rings. The largest absolute Gasteiger partial charge is 0.492 e. The van der Waals surface area contributed by atoms with Crippen LogP contribution in [0, 0.1) is 6.92 Å². The highest BCUT2D eigenvalue weighted by Gasteiger charge is 2.25. The molecule has 168 valence electrons. The summed E-state index contributed by atoms with van der Waals surface area (Å²) < 4.78 is 33.3. The molecule has 0 saturated heterocycles. The van der Waals surface area contributed by atoms with E-state index in [1.807, 2.05) is 37.3 Å². The maximum Gasteiger partial charge on any atom is 0.264 e. The number of aryl methyl sites for hydroxylation is 1. The van der Waals surface area contributed by atoms with E-state index in [4.69, 9.17) is 16.3 Å². The van der Waals surface area contributed by atoms with Crippen molar-refractivity contribution in [2.75, 3.05) is 24.0 Å². The van der Waals surface area contributed by atoms with Crippen LogP contribution in [0.2, 0.25) is 5.02 Å². The number of nitrogens with zero attached hydrogens (tertiary/aromatic N) is 1. The van der Waals surface area contributed by atoms with Crippen molar-refractivity contribution >= 4 is 33.2 Å². The van der Waals surface area contributed by atoms with Crippen LogP contribution in [0.3, 0.4) is 0 Å². The topological polar surface area (TPSA) is 75.7 Å². The summed E-state index contributed by atoms with van der Waals surface area (Å²) in [4.78, 5) is 12.6. The van der Waals surface area contributed by atoms with Crippen LogP contribution in [0.1, 0.15) is 22.8 Å². The molecule has 32 heavy (non-hydrogen) atoms. The molecule has 1 N–H and O–H groups in total. The maximum atomic E-state index is 13.2. The minimum Gasteiger partial charge on any atom is -0.492 e. The van der Waals surface area contributed by atoms with Gasteiger partial charge in [0.15, 0.2) is 0 Å². The van der Waals surface area contributed by atoms with E-state index < -0.39 is 15.9 Å². The minimum absolute atomic E-state index is 0.00587. The number of halogens is 1. The van der Waals surface area contributed by atoms with Crippen molar-refractivity contribution in [2.45, 2.75) is 18.7 Å². The summed E-state index contributed by atoms with van der Waals surface area (Å²) in [6.45, 7) is 4.49. The third-order valence-electron chi connectivity index (χ3n) is 4.78. The van der Waals surface area contributed by atoms with Crippen molar-refractivity contribution in [3.05, 3.63) is 88.9 Å². The van der Waals surface area contributed by atoms with Crippen molar-refractivity contribution in [3.8, 4) is 5.75 Å². The van der Waals surface area contributed by atoms with Crippen molar-refractivity contribution in [1.29, 1.82) is 0 Å². The Kier molecular flexibility index (Phi) is 7.77. The smallest absolute Gasteiger partial charge is 0.264 e. The van der Waals surface area contributed by atoms with Gasteiger partial charge >= 0.3 is 0 Å². The van der Waals surface area contributed by atoms with Crippen LogP contribution >= 0.6 is 11.6 Å². The fourth-order valence-electron chi connectivity index (χ4n) is 3.11. The number of hydrogen-bond donors (Lipinski definition) is 1. The summed E-state index contributed by atoms with van der Waals surface area (Å²) in [5.41, 5.74) is 1.76. The highest BCUT2D eigenvalue weighted by molar-refractivity contribution is 7.92. The Bertz CT molecular complexity index is 1170. The minimum atomic E-state index is -3.87. The highest BCUT2D eigenvalue weighted by atomic mass is 35.5. The number of anilines is 1. The fraction of sp³-hybridized carbons (Fsp3) is 0.208. The lowest BCUT2D eigenvalue weighted by Crippen LogP contribution is -2.31. The van der Waals surface area contributed by atoms with E-state index in [0.717, 1.165) is 5.56 Å². The number of sulfonamides is 1. The van der Waals surface area contributed by atoms with Crippen molar-refractivity contribution < 1.29 is 17.9 Å². The Morgan fingerprint density at radius 1 is 1.03 bits per heavy atom. The lowest BCUT2D eigenvalue weighted by atomic mass is 10.2. The van der Waals surface area contributed by atoms with Crippen LogP contribution in [0.4, 0.5) is 5.69 Å². The quantitative estimate of drug-likeness (QED) is 0.459. The van der Waals surface area contributed by atoms with Gasteiger partial charge in [0.05, 0.1) is 27.7 Å². The molecule has 1 amide bonds. The Labute approximate surface area is 193 Å². The van der Waals surface area contributed by atoms with Crippen molar-refractivity contribution in [2.24, 2.45) is 0 Å². The average Bonchev–Trinajstić information content (AvgIpc) is 2.79. The molecule has 0 aliphatic heterocycles. The molecule has 8 heteroatoms. The number of carbonyl (C=O) groups is 1. The second kappa shape index (κ2) is 10.5. The first kappa shape index (κ1) is 23.6. The lowest BCUT2D eigenvalue weighted by Gasteiger charge is -2.23. The molecule has 3 aromatic carbocycles. The van der Waals surface area contributed by atoms with Crippen LogP contribution in [0.25, 0.3) is 0 Å². The first-order chi connectivity index (χ1) is 15.3. The second-order valence-corrected chi connectivity index (χ2v) is 9.33. The predicted octanol–water partition coefficient (Wildman–Crippen LogP) is 4.67. The van der Waals surface area contributed by atoms with Crippen LogP contribution in [-0.4, -0.2) is 34.0 Å². The Balaban J connectivity index is 1.71. The van der Waals surface area contributed by atoms with Gasteiger partial charge in [-0.3, -0.25) is 9.10 Å². The van der Waals surface area contributed by atoms with Crippen LogP contribution in [0.15, 0.2) is 77.7 Å². The molecule has 0 fully saturated rings. The van der Waals surface area contributed by atoms with E-state index >= 15 is 0 Å². The standard InChI is InChI=1S/C24H25ClN2O4S/c1-3-27(19-7-5-4-6-8-19)32(29,30)21-13-14-23(25)22(17-21)24(28)26-15-16-31-20-11-9-18(2)10-12-20/h4-14,17H,3,15-16H2,1-2H3,(H,26,28). The molecule has 0 aromatic heterocycles. The van der Waals surface area contributed by atoms with Gasteiger partial charge in [0.2, 0.25) is 0 Å². The van der Waals surface area contributed by atoms with Gasteiger partial charge in [-0.15, -0.1) is 0 Å². The number of amides is 1. The van der Waals surface area contributed by atoms with E-state index in [1.54, 1.807) is 31.2 Å². The molecule has 0 saturated carbocycles. The van der Waals surface area contributed by atoms with E-state index in [1.165, 1.54) is 22.5 Å². The molecule has 0 heterocycles. The van der Waals surface area contributed by atoms with Gasteiger partial charge < -0.3 is 10.1 Å². The Hall–Kier alpha value is -3.03. The molecule has 0 unspecified atom stereocenters. The summed E-state index contributed by atoms with van der Waals surface area (Å²) >= 11 is 6.19. The van der Waals surface area contributed by atoms with Gasteiger partial charge in [0.1, 0.15) is 12.4 Å². The Morgan fingerprint density at radius 2 is 1.72 bits per heavy atom. The number of para-hydroxylation sites is 1. The van der Waals surface area contributed by atoms with Crippen LogP contribution < -0.4 is 14.4 Å². The van der Waals surface area contributed by atoms with Gasteiger partial charge in [-0.1, -0.05) is 47.5 Å². The van der Waals surface area contributed by atoms with Gasteiger partial charge in [-0.2, -0.15) is 0 Å². The summed E-state index contributed by atoms with van der Waals surface area (Å²) in [5.74, 6) is 0.235. The molecular formula is C24H25ClN2O4S. The Morgan fingerprint density at radius 3 is 2.38 bits per heavy atom. The van der Waals surface area contributed by atoms with E-state index in [2.05, 4.69) is 5.32 Å². The van der Waals surface area contributed by atoms with E-state index in [9.17, 15) is 13.2 Å². The SMILES string of the molecule is CCN(c1ccccc1)S(=O)(=O)c1ccc(Cl)c(C(=O)NCCOc2ccc(C)cc2)c1. The van der Waals surface area contributed by atoms with Gasteiger partial charge in [-0.25, -0.2) is 8.42 Å². The third-order valence-corrected chi connectivity index (χ3v) is 7.01. The number of ether oxygens (including phenoxy) is 1. The van der Waals surface area contributed by atoms with E-state index in [0.29, 0.717) is 11.4 Å². The van der Waals surface area contributed by atoms with Crippen LogP contribution in [0.5, 0.6) is 5.75 Å². The maximum absolute atomic E-state index is 13.2. The molecular weight excluding hydrogens is 448 g/mol. The summed E-state index contributed by atoms with van der Waals surface area (Å²) in [6.07, 6.45) is 0. The van der Waals surface area contributed by atoms with Crippen molar-refractivity contribution in [3.63, 3.8) is 0 Å². The molecule has 3 rings (SSSR count). The van der Waals surface area contributed by atoms with Crippen LogP contribution in [-0.2, 0) is 10.0 Å². The number of rotatable bonds is 9. The molecule has 3 aromatic rings. The number of nitrogens with one attached hydrogen (secondary N) is 1. The predicted molar refractivity (Wildman–Crippen MR) is 127 cm³/mol. The van der Waals surface area contributed by atoms with Gasteiger partial charge in [0.25, 0.3) is 15.9 Å². The van der Waals surface area contributed by atoms with Gasteiger partial charge in [-0.05, 0) is 56.3 Å². The zero-order chi connectivity index (χ0) is 23.1. The van der Waals surface area contributed by atoms with E-state index in [-0.39, 0.29) is 35.2 Å². The first-order valence-corrected chi connectivity index (χ1v) is 12.0. The molecule has 0 radical (unpaired) electrons. The zero-order valence-electron chi connectivity index (χ0n) is 17.9. The monoisotopic (exact) mass is 472 g/mol. The number of hydrogen-bond acceptors (Lipinski definition) is 4. The number of carbonyl (C=O) groups excluding carboxylic acids is 1. The average molecular weight is 473 g/mol. The molecule has 0 atom stereocenters.